The minimum absolute atomic E-state index is 0.0182. The fourth-order valence-electron chi connectivity index (χ4n) is 4.73. The van der Waals surface area contributed by atoms with Gasteiger partial charge in [-0.05, 0) is 38.7 Å². The predicted molar refractivity (Wildman–Crippen MR) is 99.6 cm³/mol. The summed E-state index contributed by atoms with van der Waals surface area (Å²) < 4.78 is 10.8. The van der Waals surface area contributed by atoms with Crippen molar-refractivity contribution >= 4 is 11.8 Å². The van der Waals surface area contributed by atoms with Gasteiger partial charge in [0.2, 0.25) is 11.8 Å². The number of nitrogens with zero attached hydrogens (tertiary/aromatic N) is 3. The van der Waals surface area contributed by atoms with Gasteiger partial charge in [0.15, 0.2) is 5.82 Å². The van der Waals surface area contributed by atoms with Crippen LogP contribution in [0.2, 0.25) is 0 Å². The van der Waals surface area contributed by atoms with Crippen molar-refractivity contribution in [3.05, 3.63) is 35.4 Å². The maximum absolute atomic E-state index is 12.6. The van der Waals surface area contributed by atoms with Gasteiger partial charge in [-0.1, -0.05) is 19.0 Å². The van der Waals surface area contributed by atoms with Crippen LogP contribution in [0.3, 0.4) is 0 Å². The van der Waals surface area contributed by atoms with Gasteiger partial charge in [-0.15, -0.1) is 0 Å². The molecule has 2 aromatic rings. The molecule has 2 fully saturated rings. The van der Waals surface area contributed by atoms with E-state index in [1.54, 1.807) is 19.9 Å². The van der Waals surface area contributed by atoms with Crippen molar-refractivity contribution in [1.29, 1.82) is 0 Å². The number of amides is 2. The molecule has 1 N–H and O–H groups in total. The zero-order valence-electron chi connectivity index (χ0n) is 16.7. The molecule has 3 heterocycles. The second kappa shape index (κ2) is 6.76. The Labute approximate surface area is 163 Å². The van der Waals surface area contributed by atoms with Gasteiger partial charge in [-0.2, -0.15) is 4.98 Å². The number of hydrogen-bond donors (Lipinski definition) is 1. The molecule has 8 heteroatoms. The zero-order valence-corrected chi connectivity index (χ0v) is 16.7. The van der Waals surface area contributed by atoms with Gasteiger partial charge >= 0.3 is 0 Å². The Bertz CT molecular complexity index is 902. The molecule has 2 aromatic heterocycles. The number of hydrogen-bond acceptors (Lipinski definition) is 6. The first-order chi connectivity index (χ1) is 13.3. The minimum atomic E-state index is -0.408. The molecule has 1 aliphatic heterocycles. The highest BCUT2D eigenvalue weighted by Crippen LogP contribution is 2.50. The van der Waals surface area contributed by atoms with Crippen LogP contribution in [0.4, 0.5) is 0 Å². The van der Waals surface area contributed by atoms with E-state index < -0.39 is 5.41 Å². The summed E-state index contributed by atoms with van der Waals surface area (Å²) in [5.74, 6) is 1.88. The van der Waals surface area contributed by atoms with E-state index in [1.807, 2.05) is 18.7 Å². The second-order valence-corrected chi connectivity index (χ2v) is 8.37. The first kappa shape index (κ1) is 18.7. The van der Waals surface area contributed by atoms with Gasteiger partial charge < -0.3 is 19.2 Å². The largest absolute Gasteiger partial charge is 0.469 e. The Morgan fingerprint density at radius 3 is 2.75 bits per heavy atom. The van der Waals surface area contributed by atoms with Crippen LogP contribution in [-0.2, 0) is 10.2 Å². The van der Waals surface area contributed by atoms with Crippen molar-refractivity contribution in [1.82, 2.24) is 20.4 Å². The number of likely N-dealkylation sites (tertiary alicyclic amines) is 1. The molecule has 1 unspecified atom stereocenters. The quantitative estimate of drug-likeness (QED) is 0.865. The minimum Gasteiger partial charge on any atom is -0.469 e. The average molecular weight is 386 g/mol. The highest BCUT2D eigenvalue weighted by molar-refractivity contribution is 5.95. The standard InChI is InChI=1S/C20H26N4O4/c1-11(2)18(26)24-9-14-7-15(22-17(25)16-5-6-27-12(16)3)8-20(14,10-24)19-21-13(4)23-28-19/h5-6,11,14-15H,7-10H2,1-4H3,(H,22,25)/t14?,15-,20+/m1/s1. The Morgan fingerprint density at radius 2 is 2.14 bits per heavy atom. The van der Waals surface area contributed by atoms with E-state index in [2.05, 4.69) is 15.5 Å². The lowest BCUT2D eigenvalue weighted by molar-refractivity contribution is -0.133. The lowest BCUT2D eigenvalue weighted by Crippen LogP contribution is -2.40. The third-order valence-corrected chi connectivity index (χ3v) is 6.07. The first-order valence-electron chi connectivity index (χ1n) is 9.74. The van der Waals surface area contributed by atoms with Crippen LogP contribution in [0.1, 0.15) is 54.5 Å². The van der Waals surface area contributed by atoms with Gasteiger partial charge in [0.05, 0.1) is 17.2 Å². The highest BCUT2D eigenvalue weighted by atomic mass is 16.5. The number of fused-ring (bicyclic) bond motifs is 1. The SMILES string of the molecule is Cc1noc([C@]23C[C@H](NC(=O)c4ccoc4C)CC2CN(C(=O)C(C)C)C3)n1. The fourth-order valence-corrected chi connectivity index (χ4v) is 4.73. The zero-order chi connectivity index (χ0) is 20.1. The Hall–Kier alpha value is -2.64. The van der Waals surface area contributed by atoms with Crippen LogP contribution in [0.25, 0.3) is 0 Å². The van der Waals surface area contributed by atoms with Crippen molar-refractivity contribution in [2.45, 2.75) is 52.0 Å². The summed E-state index contributed by atoms with van der Waals surface area (Å²) in [6.07, 6.45) is 2.96. The third kappa shape index (κ3) is 3.00. The Kier molecular flexibility index (Phi) is 4.51. The summed E-state index contributed by atoms with van der Waals surface area (Å²) in [5, 5.41) is 7.10. The Morgan fingerprint density at radius 1 is 1.36 bits per heavy atom. The molecular formula is C20H26N4O4. The van der Waals surface area contributed by atoms with E-state index in [-0.39, 0.29) is 29.7 Å². The van der Waals surface area contributed by atoms with Crippen molar-refractivity contribution < 1.29 is 18.5 Å². The van der Waals surface area contributed by atoms with E-state index in [9.17, 15) is 9.59 Å². The van der Waals surface area contributed by atoms with Gasteiger partial charge in [-0.3, -0.25) is 9.59 Å². The number of aryl methyl sites for hydroxylation is 2. The van der Waals surface area contributed by atoms with Gasteiger partial charge in [0.25, 0.3) is 5.91 Å². The van der Waals surface area contributed by atoms with E-state index in [1.165, 1.54) is 6.26 Å². The fraction of sp³-hybridized carbons (Fsp3) is 0.600. The number of carbonyl (C=O) groups excluding carboxylic acids is 2. The second-order valence-electron chi connectivity index (χ2n) is 8.37. The lowest BCUT2D eigenvalue weighted by Gasteiger charge is -2.26. The molecule has 3 atom stereocenters. The molecule has 8 nitrogen and oxygen atoms in total. The number of rotatable bonds is 4. The maximum atomic E-state index is 12.6. The summed E-state index contributed by atoms with van der Waals surface area (Å²) in [6, 6.07) is 1.66. The van der Waals surface area contributed by atoms with Crippen molar-refractivity contribution in [2.24, 2.45) is 11.8 Å². The Balaban J connectivity index is 1.57. The van der Waals surface area contributed by atoms with Crippen molar-refractivity contribution in [3.8, 4) is 0 Å². The summed E-state index contributed by atoms with van der Waals surface area (Å²) in [4.78, 5) is 31.6. The molecule has 150 valence electrons. The van der Waals surface area contributed by atoms with Gasteiger partial charge in [0, 0.05) is 25.0 Å². The lowest BCUT2D eigenvalue weighted by atomic mass is 9.80. The van der Waals surface area contributed by atoms with Crippen LogP contribution in [-0.4, -0.2) is 46.0 Å². The summed E-state index contributed by atoms with van der Waals surface area (Å²) in [7, 11) is 0. The van der Waals surface area contributed by atoms with Gasteiger partial charge in [-0.25, -0.2) is 0 Å². The number of nitrogens with one attached hydrogen (secondary N) is 1. The number of aromatic nitrogens is 2. The highest BCUT2D eigenvalue weighted by Gasteiger charge is 2.58. The van der Waals surface area contributed by atoms with Crippen LogP contribution < -0.4 is 5.32 Å². The molecule has 1 aliphatic carbocycles. The van der Waals surface area contributed by atoms with Gasteiger partial charge in [0.1, 0.15) is 5.76 Å². The first-order valence-corrected chi connectivity index (χ1v) is 9.74. The molecule has 0 aromatic carbocycles. The third-order valence-electron chi connectivity index (χ3n) is 6.07. The smallest absolute Gasteiger partial charge is 0.255 e. The summed E-state index contributed by atoms with van der Waals surface area (Å²) >= 11 is 0. The molecule has 1 saturated carbocycles. The van der Waals surface area contributed by atoms with E-state index >= 15 is 0 Å². The van der Waals surface area contributed by atoms with Crippen molar-refractivity contribution in [2.75, 3.05) is 13.1 Å². The van der Waals surface area contributed by atoms with Crippen LogP contribution in [0.15, 0.2) is 21.3 Å². The maximum Gasteiger partial charge on any atom is 0.255 e. The van der Waals surface area contributed by atoms with E-state index in [0.717, 1.165) is 6.42 Å². The topological polar surface area (TPSA) is 101 Å². The molecule has 0 bridgehead atoms. The molecule has 2 aliphatic rings. The number of furan rings is 1. The van der Waals surface area contributed by atoms with Crippen LogP contribution >= 0.6 is 0 Å². The molecule has 1 saturated heterocycles. The number of carbonyl (C=O) groups is 2. The van der Waals surface area contributed by atoms with Crippen molar-refractivity contribution in [3.63, 3.8) is 0 Å². The predicted octanol–water partition coefficient (Wildman–Crippen LogP) is 2.22. The summed E-state index contributed by atoms with van der Waals surface area (Å²) in [5.41, 5.74) is 0.145. The molecule has 28 heavy (non-hydrogen) atoms. The molecule has 4 rings (SSSR count). The van der Waals surface area contributed by atoms with E-state index in [4.69, 9.17) is 8.94 Å². The summed E-state index contributed by atoms with van der Waals surface area (Å²) in [6.45, 7) is 8.59. The molecule has 2 amide bonds. The molecule has 0 radical (unpaired) electrons. The van der Waals surface area contributed by atoms with Crippen LogP contribution in [0.5, 0.6) is 0 Å². The normalized spacial score (nSPS) is 26.7. The molecular weight excluding hydrogens is 360 g/mol. The average Bonchev–Trinajstić information content (AvgIpc) is 3.37. The molecule has 0 spiro atoms. The monoisotopic (exact) mass is 386 g/mol. The van der Waals surface area contributed by atoms with Crippen LogP contribution in [0, 0.1) is 25.7 Å². The van der Waals surface area contributed by atoms with E-state index in [0.29, 0.717) is 42.5 Å².